The molecule has 0 amide bonds. The van der Waals surface area contributed by atoms with Gasteiger partial charge in [-0.25, -0.2) is 0 Å². The maximum atomic E-state index is 10.1. The van der Waals surface area contributed by atoms with Crippen molar-refractivity contribution in [2.24, 2.45) is 0 Å². The number of rotatable bonds is 2. The molecule has 0 radical (unpaired) electrons. The Kier molecular flexibility index (Phi) is 1.96. The first-order valence-corrected chi connectivity index (χ1v) is 5.79. The maximum Gasteiger partial charge on any atom is 0.123 e. The summed E-state index contributed by atoms with van der Waals surface area (Å²) in [5.41, 5.74) is 2.25. The highest BCUT2D eigenvalue weighted by Gasteiger charge is 2.42. The Hall–Kier alpha value is -1.22. The maximum absolute atomic E-state index is 10.1. The van der Waals surface area contributed by atoms with Crippen molar-refractivity contribution in [3.05, 3.63) is 22.8 Å². The molecule has 2 N–H and O–H groups in total. The van der Waals surface area contributed by atoms with E-state index < -0.39 is 5.60 Å². The van der Waals surface area contributed by atoms with Gasteiger partial charge in [0.05, 0.1) is 12.2 Å². The normalized spacial score (nSPS) is 20.4. The van der Waals surface area contributed by atoms with Crippen molar-refractivity contribution in [2.75, 3.05) is 6.61 Å². The number of hydrogen-bond acceptors (Lipinski definition) is 3. The fraction of sp³-hybridized carbons (Fsp3) is 0.538. The lowest BCUT2D eigenvalue weighted by atomic mass is 9.95. The molecule has 1 aliphatic heterocycles. The Morgan fingerprint density at radius 3 is 2.88 bits per heavy atom. The molecule has 1 aromatic carbocycles. The molecule has 2 aliphatic rings. The van der Waals surface area contributed by atoms with Crippen molar-refractivity contribution < 1.29 is 14.9 Å². The van der Waals surface area contributed by atoms with Crippen LogP contribution in [-0.2, 0) is 12.8 Å². The summed E-state index contributed by atoms with van der Waals surface area (Å²) in [5.74, 6) is 1.22. The SMILES string of the molecule is Cc1cc2c(c(CC3(O)CC3)c1O)CCO2. The van der Waals surface area contributed by atoms with Crippen LogP contribution in [0.2, 0.25) is 0 Å². The van der Waals surface area contributed by atoms with Crippen molar-refractivity contribution in [1.29, 1.82) is 0 Å². The standard InChI is InChI=1S/C13H16O3/c1-8-6-11-9(2-5-16-11)10(12(8)14)7-13(15)3-4-13/h6,14-15H,2-5,7H2,1H3. The van der Waals surface area contributed by atoms with Crippen molar-refractivity contribution in [3.8, 4) is 11.5 Å². The minimum Gasteiger partial charge on any atom is -0.507 e. The fourth-order valence-corrected chi connectivity index (χ4v) is 2.39. The molecule has 0 saturated heterocycles. The summed E-state index contributed by atoms with van der Waals surface area (Å²) in [6.45, 7) is 2.56. The van der Waals surface area contributed by atoms with Crippen molar-refractivity contribution in [3.63, 3.8) is 0 Å². The number of aryl methyl sites for hydroxylation is 1. The van der Waals surface area contributed by atoms with E-state index in [0.29, 0.717) is 18.8 Å². The second-order valence-corrected chi connectivity index (χ2v) is 5.00. The van der Waals surface area contributed by atoms with Crippen LogP contribution < -0.4 is 4.74 Å². The third kappa shape index (κ3) is 1.47. The molecule has 0 bridgehead atoms. The number of phenols is 1. The topological polar surface area (TPSA) is 49.7 Å². The Morgan fingerprint density at radius 2 is 2.19 bits per heavy atom. The van der Waals surface area contributed by atoms with Gasteiger partial charge in [-0.15, -0.1) is 0 Å². The fourth-order valence-electron chi connectivity index (χ4n) is 2.39. The number of hydrogen-bond donors (Lipinski definition) is 2. The molecular formula is C13H16O3. The average Bonchev–Trinajstić information content (AvgIpc) is 2.77. The summed E-state index contributed by atoms with van der Waals surface area (Å²) in [5, 5.41) is 20.1. The largest absolute Gasteiger partial charge is 0.507 e. The zero-order chi connectivity index (χ0) is 11.3. The highest BCUT2D eigenvalue weighted by atomic mass is 16.5. The van der Waals surface area contributed by atoms with Crippen LogP contribution in [0.3, 0.4) is 0 Å². The van der Waals surface area contributed by atoms with E-state index in [1.807, 2.05) is 13.0 Å². The van der Waals surface area contributed by atoms with Crippen molar-refractivity contribution >= 4 is 0 Å². The number of fused-ring (bicyclic) bond motifs is 1. The van der Waals surface area contributed by atoms with Crippen molar-refractivity contribution in [1.82, 2.24) is 0 Å². The molecule has 0 unspecified atom stereocenters. The Balaban J connectivity index is 2.07. The first-order valence-electron chi connectivity index (χ1n) is 5.79. The molecule has 0 atom stereocenters. The molecule has 0 aromatic heterocycles. The Bertz CT molecular complexity index is 447. The zero-order valence-corrected chi connectivity index (χ0v) is 9.42. The number of benzene rings is 1. The van der Waals surface area contributed by atoms with Gasteiger partial charge in [0.1, 0.15) is 11.5 Å². The molecule has 3 nitrogen and oxygen atoms in total. The summed E-state index contributed by atoms with van der Waals surface area (Å²) in [4.78, 5) is 0. The number of aliphatic hydroxyl groups is 1. The van der Waals surface area contributed by atoms with E-state index in [1.54, 1.807) is 0 Å². The van der Waals surface area contributed by atoms with E-state index in [-0.39, 0.29) is 0 Å². The van der Waals surface area contributed by atoms with Gasteiger partial charge in [0.25, 0.3) is 0 Å². The molecule has 3 heteroatoms. The average molecular weight is 220 g/mol. The van der Waals surface area contributed by atoms with E-state index in [0.717, 1.165) is 41.7 Å². The molecule has 1 aromatic rings. The van der Waals surface area contributed by atoms with Crippen LogP contribution in [0.5, 0.6) is 11.5 Å². The third-order valence-electron chi connectivity index (χ3n) is 3.61. The van der Waals surface area contributed by atoms with Gasteiger partial charge in [-0.2, -0.15) is 0 Å². The molecule has 1 heterocycles. The van der Waals surface area contributed by atoms with Crippen LogP contribution in [0, 0.1) is 6.92 Å². The predicted octanol–water partition coefficient (Wildman–Crippen LogP) is 1.70. The highest BCUT2D eigenvalue weighted by molar-refractivity contribution is 5.54. The molecule has 0 spiro atoms. The summed E-state index contributed by atoms with van der Waals surface area (Å²) < 4.78 is 5.52. The third-order valence-corrected chi connectivity index (χ3v) is 3.61. The highest BCUT2D eigenvalue weighted by Crippen LogP contribution is 2.44. The van der Waals surface area contributed by atoms with Crippen LogP contribution in [0.4, 0.5) is 0 Å². The smallest absolute Gasteiger partial charge is 0.123 e. The lowest BCUT2D eigenvalue weighted by molar-refractivity contribution is 0.149. The van der Waals surface area contributed by atoms with Gasteiger partial charge < -0.3 is 14.9 Å². The molecule has 16 heavy (non-hydrogen) atoms. The van der Waals surface area contributed by atoms with Crippen LogP contribution in [0.15, 0.2) is 6.07 Å². The predicted molar refractivity (Wildman–Crippen MR) is 59.9 cm³/mol. The van der Waals surface area contributed by atoms with Gasteiger partial charge in [-0.05, 0) is 31.4 Å². The zero-order valence-electron chi connectivity index (χ0n) is 9.42. The Labute approximate surface area is 94.7 Å². The molecular weight excluding hydrogens is 204 g/mol. The number of aromatic hydroxyl groups is 1. The monoisotopic (exact) mass is 220 g/mol. The molecule has 1 saturated carbocycles. The second-order valence-electron chi connectivity index (χ2n) is 5.00. The molecule has 3 rings (SSSR count). The van der Waals surface area contributed by atoms with E-state index in [4.69, 9.17) is 4.74 Å². The van der Waals surface area contributed by atoms with E-state index in [2.05, 4.69) is 0 Å². The van der Waals surface area contributed by atoms with Crippen LogP contribution in [0.25, 0.3) is 0 Å². The molecule has 1 fully saturated rings. The van der Waals surface area contributed by atoms with Gasteiger partial charge in [0, 0.05) is 24.0 Å². The lowest BCUT2D eigenvalue weighted by Gasteiger charge is -2.15. The van der Waals surface area contributed by atoms with Crippen LogP contribution >= 0.6 is 0 Å². The summed E-state index contributed by atoms with van der Waals surface area (Å²) in [6.07, 6.45) is 3.09. The van der Waals surface area contributed by atoms with E-state index in [9.17, 15) is 10.2 Å². The number of phenolic OH excluding ortho intramolecular Hbond substituents is 1. The lowest BCUT2D eigenvalue weighted by Crippen LogP contribution is -2.12. The minimum absolute atomic E-state index is 0.338. The minimum atomic E-state index is -0.568. The van der Waals surface area contributed by atoms with Gasteiger partial charge >= 0.3 is 0 Å². The number of ether oxygens (including phenoxy) is 1. The molecule has 1 aliphatic carbocycles. The van der Waals surface area contributed by atoms with E-state index >= 15 is 0 Å². The van der Waals surface area contributed by atoms with Gasteiger partial charge in [0.15, 0.2) is 0 Å². The quantitative estimate of drug-likeness (QED) is 0.797. The van der Waals surface area contributed by atoms with Crippen LogP contribution in [0.1, 0.15) is 29.5 Å². The van der Waals surface area contributed by atoms with Gasteiger partial charge in [0.2, 0.25) is 0 Å². The van der Waals surface area contributed by atoms with Crippen LogP contribution in [-0.4, -0.2) is 22.4 Å². The summed E-state index contributed by atoms with van der Waals surface area (Å²) in [7, 11) is 0. The van der Waals surface area contributed by atoms with Crippen molar-refractivity contribution in [2.45, 2.75) is 38.2 Å². The Morgan fingerprint density at radius 1 is 1.44 bits per heavy atom. The second kappa shape index (κ2) is 3.14. The van der Waals surface area contributed by atoms with Gasteiger partial charge in [-0.1, -0.05) is 0 Å². The molecule has 86 valence electrons. The summed E-state index contributed by atoms with van der Waals surface area (Å²) in [6, 6.07) is 1.89. The van der Waals surface area contributed by atoms with Gasteiger partial charge in [-0.3, -0.25) is 0 Å². The first kappa shape index (κ1) is 9.97. The first-order chi connectivity index (χ1) is 7.59. The van der Waals surface area contributed by atoms with E-state index in [1.165, 1.54) is 0 Å². The summed E-state index contributed by atoms with van der Waals surface area (Å²) >= 11 is 0.